The van der Waals surface area contributed by atoms with Crippen LogP contribution in [0.15, 0.2) is 79.1 Å². The predicted molar refractivity (Wildman–Crippen MR) is 233 cm³/mol. The summed E-state index contributed by atoms with van der Waals surface area (Å²) in [7, 11) is 0. The minimum atomic E-state index is -1.02. The Labute approximate surface area is 373 Å². The normalized spacial score (nSPS) is 12.0. The van der Waals surface area contributed by atoms with Gasteiger partial charge in [-0.25, -0.2) is 0 Å². The minimum absolute atomic E-state index is 0.00524. The lowest BCUT2D eigenvalue weighted by atomic mass is 9.96. The van der Waals surface area contributed by atoms with Gasteiger partial charge in [0.05, 0.1) is 37.6 Å². The molecule has 5 aromatic rings. The number of halogens is 4. The fourth-order valence-electron chi connectivity index (χ4n) is 6.44. The number of aromatic hydroxyl groups is 1. The Morgan fingerprint density at radius 3 is 1.92 bits per heavy atom. The van der Waals surface area contributed by atoms with E-state index in [1.165, 1.54) is 25.3 Å². The van der Waals surface area contributed by atoms with E-state index in [9.17, 15) is 35.3 Å². The van der Waals surface area contributed by atoms with Crippen LogP contribution < -0.4 is 19.5 Å². The number of benzene rings is 4. The van der Waals surface area contributed by atoms with Crippen molar-refractivity contribution in [2.45, 2.75) is 65.0 Å². The fraction of sp³-hybridized carbons (Fsp3) is 0.289. The van der Waals surface area contributed by atoms with Gasteiger partial charge in [0, 0.05) is 77.7 Å². The van der Waals surface area contributed by atoms with Crippen LogP contribution in [0.25, 0.3) is 11.1 Å². The summed E-state index contributed by atoms with van der Waals surface area (Å²) in [6.07, 6.45) is 3.84. The number of aryl methyl sites for hydroxylation is 1. The Hall–Kier alpha value is -5.10. The summed E-state index contributed by atoms with van der Waals surface area (Å²) in [4.78, 5) is 27.7. The second-order valence-electron chi connectivity index (χ2n) is 14.1. The van der Waals surface area contributed by atoms with E-state index in [1.807, 2.05) is 18.2 Å². The molecule has 2 unspecified atom stereocenters. The Bertz CT molecular complexity index is 2390. The van der Waals surface area contributed by atoms with E-state index in [2.05, 4.69) is 16.4 Å². The monoisotopic (exact) mass is 909 g/mol. The van der Waals surface area contributed by atoms with Crippen LogP contribution in [0.4, 0.5) is 0 Å². The third-order valence-electron chi connectivity index (χ3n) is 9.82. The number of ketones is 1. The van der Waals surface area contributed by atoms with Crippen LogP contribution in [0.2, 0.25) is 20.1 Å². The van der Waals surface area contributed by atoms with Crippen molar-refractivity contribution in [2.75, 3.05) is 13.2 Å². The van der Waals surface area contributed by atoms with Gasteiger partial charge in [0.25, 0.3) is 0 Å². The van der Waals surface area contributed by atoms with E-state index in [0.717, 1.165) is 0 Å². The molecular weight excluding hydrogens is 868 g/mol. The van der Waals surface area contributed by atoms with Crippen molar-refractivity contribution < 1.29 is 44.2 Å². The summed E-state index contributed by atoms with van der Waals surface area (Å²) in [6.45, 7) is 1.30. The molecule has 0 spiro atoms. The molecule has 5 rings (SSSR count). The molecule has 4 aromatic carbocycles. The zero-order chi connectivity index (χ0) is 44.1. The van der Waals surface area contributed by atoms with Crippen LogP contribution in [0.5, 0.6) is 23.0 Å². The number of phenolic OH excluding ortho intramolecular Hbond substituents is 1. The van der Waals surface area contributed by atoms with Crippen molar-refractivity contribution in [3.63, 3.8) is 0 Å². The smallest absolute Gasteiger partial charge is 0.306 e. The zero-order valence-electron chi connectivity index (χ0n) is 33.0. The Morgan fingerprint density at radius 2 is 1.34 bits per heavy atom. The third-order valence-corrected chi connectivity index (χ3v) is 11.3. The van der Waals surface area contributed by atoms with Crippen molar-refractivity contribution in [2.24, 2.45) is 5.92 Å². The number of aliphatic carboxylic acids is 1. The van der Waals surface area contributed by atoms with Gasteiger partial charge in [-0.1, -0.05) is 82.8 Å². The van der Waals surface area contributed by atoms with Gasteiger partial charge >= 0.3 is 5.97 Å². The summed E-state index contributed by atoms with van der Waals surface area (Å²) < 4.78 is 18.4. The molecule has 0 radical (unpaired) electrons. The first-order chi connectivity index (χ1) is 29.3. The number of carboxylic acids is 1. The number of carbonyl (C=O) groups excluding carboxylic acids is 1. The molecule has 0 amide bonds. The largest absolute Gasteiger partial charge is 0.508 e. The number of aliphatic hydroxyl groups is 2. The molecule has 61 heavy (non-hydrogen) atoms. The minimum Gasteiger partial charge on any atom is -0.508 e. The molecule has 1 aromatic heterocycles. The predicted octanol–water partition coefficient (Wildman–Crippen LogP) is 9.12. The SMILES string of the molecule is CC(=O)C(CCO)NCc1cc(Cl)c(OCc2cccc(-c3cccc(COc4cc(O)c(CCC(CCO)C(=O)O)cc4Cl)c3Cl)c2Cl)cc1OCc1cncc(C#N)c1. The first-order valence-electron chi connectivity index (χ1n) is 19.1. The lowest BCUT2D eigenvalue weighted by Gasteiger charge is -2.19. The number of hydrogen-bond acceptors (Lipinski definition) is 11. The van der Waals surface area contributed by atoms with Crippen LogP contribution in [0.1, 0.15) is 59.6 Å². The number of nitriles is 1. The van der Waals surface area contributed by atoms with Crippen molar-refractivity contribution in [3.8, 4) is 40.2 Å². The van der Waals surface area contributed by atoms with E-state index >= 15 is 0 Å². The molecule has 0 aliphatic heterocycles. The van der Waals surface area contributed by atoms with Crippen molar-refractivity contribution in [1.82, 2.24) is 10.3 Å². The number of aromatic nitrogens is 1. The van der Waals surface area contributed by atoms with Crippen LogP contribution in [-0.4, -0.2) is 56.4 Å². The molecule has 5 N–H and O–H groups in total. The Balaban J connectivity index is 1.32. The number of aliphatic hydroxyl groups excluding tert-OH is 2. The maximum Gasteiger partial charge on any atom is 0.306 e. The Kier molecular flexibility index (Phi) is 17.4. The van der Waals surface area contributed by atoms with Crippen LogP contribution in [0, 0.1) is 17.2 Å². The average molecular weight is 912 g/mol. The van der Waals surface area contributed by atoms with Gasteiger partial charge in [0.2, 0.25) is 0 Å². The molecule has 12 nitrogen and oxygen atoms in total. The maximum atomic E-state index is 12.2. The molecule has 0 saturated heterocycles. The number of rotatable bonds is 22. The second-order valence-corrected chi connectivity index (χ2v) is 15.6. The van der Waals surface area contributed by atoms with Crippen LogP contribution >= 0.6 is 46.4 Å². The van der Waals surface area contributed by atoms with Gasteiger partial charge in [-0.15, -0.1) is 0 Å². The number of phenols is 1. The highest BCUT2D eigenvalue weighted by molar-refractivity contribution is 6.37. The number of carboxylic acid groups (broad SMARTS) is 1. The van der Waals surface area contributed by atoms with Gasteiger partial charge in [0.1, 0.15) is 54.7 Å². The quantitative estimate of drug-likeness (QED) is 0.0443. The molecule has 1 heterocycles. The first-order valence-corrected chi connectivity index (χ1v) is 20.6. The summed E-state index contributed by atoms with van der Waals surface area (Å²) >= 11 is 27.2. The molecule has 0 saturated carbocycles. The molecule has 2 atom stereocenters. The standard InChI is InChI=1S/C45H43Cl4N3O9/c1-26(55)38(11-13-54)52-22-33-16-37(47)42(18-40(33)59-23-28-14-27(19-50)20-51-21-28)61-25-32-5-3-7-35(44(32)49)34-6-2-4-31(43(34)48)24-60-41-17-39(56)30(15-36(41)46)9-8-29(10-12-53)45(57)58/h2-7,14-18,20-21,29,38,52-54,56H,8-13,22-25H2,1H3,(H,57,58). The highest BCUT2D eigenvalue weighted by atomic mass is 35.5. The molecule has 0 aliphatic rings. The van der Waals surface area contributed by atoms with Crippen molar-refractivity contribution in [3.05, 3.63) is 133 Å². The van der Waals surface area contributed by atoms with Gasteiger partial charge in [0.15, 0.2) is 0 Å². The van der Waals surface area contributed by atoms with Gasteiger partial charge < -0.3 is 40.0 Å². The van der Waals surface area contributed by atoms with Crippen LogP contribution in [-0.2, 0) is 42.4 Å². The highest BCUT2D eigenvalue weighted by Crippen LogP contribution is 2.40. The number of carbonyl (C=O) groups is 2. The van der Waals surface area contributed by atoms with E-state index in [1.54, 1.807) is 42.6 Å². The third kappa shape index (κ3) is 12.7. The lowest BCUT2D eigenvalue weighted by molar-refractivity contribution is -0.142. The topological polar surface area (TPSA) is 191 Å². The number of hydrogen-bond donors (Lipinski definition) is 5. The Morgan fingerprint density at radius 1 is 0.754 bits per heavy atom. The molecule has 16 heteroatoms. The lowest BCUT2D eigenvalue weighted by Crippen LogP contribution is -2.35. The fourth-order valence-corrected chi connectivity index (χ4v) is 7.49. The number of Topliss-reactive ketones (excluding diaryl/α,β-unsaturated/α-hetero) is 1. The highest BCUT2D eigenvalue weighted by Gasteiger charge is 2.21. The van der Waals surface area contributed by atoms with Gasteiger partial charge in [-0.3, -0.25) is 14.6 Å². The van der Waals surface area contributed by atoms with E-state index < -0.39 is 17.9 Å². The van der Waals surface area contributed by atoms with E-state index in [4.69, 9.17) is 60.6 Å². The summed E-state index contributed by atoms with van der Waals surface area (Å²) in [5.41, 5.74) is 4.61. The van der Waals surface area contributed by atoms with Crippen molar-refractivity contribution in [1.29, 1.82) is 5.26 Å². The summed E-state index contributed by atoms with van der Waals surface area (Å²) in [6, 6.07) is 20.2. The second kappa shape index (κ2) is 22.7. The van der Waals surface area contributed by atoms with Gasteiger partial charge in [-0.2, -0.15) is 5.26 Å². The molecular formula is C45H43Cl4N3O9. The number of pyridine rings is 1. The molecule has 0 aliphatic carbocycles. The average Bonchev–Trinajstić information content (AvgIpc) is 3.24. The van der Waals surface area contributed by atoms with E-state index in [-0.39, 0.29) is 92.6 Å². The summed E-state index contributed by atoms with van der Waals surface area (Å²) in [5.74, 6) is -1.10. The maximum absolute atomic E-state index is 12.2. The molecule has 0 bridgehead atoms. The van der Waals surface area contributed by atoms with Crippen LogP contribution in [0.3, 0.4) is 0 Å². The number of ether oxygens (including phenoxy) is 3. The molecule has 0 fully saturated rings. The summed E-state index contributed by atoms with van der Waals surface area (Å²) in [5, 5.41) is 52.4. The first kappa shape index (κ1) is 47.0. The number of nitrogens with one attached hydrogen (secondary N) is 1. The van der Waals surface area contributed by atoms with E-state index in [0.29, 0.717) is 66.1 Å². The van der Waals surface area contributed by atoms with Crippen molar-refractivity contribution >= 4 is 58.2 Å². The number of nitrogens with zero attached hydrogens (tertiary/aromatic N) is 2. The molecule has 320 valence electrons. The zero-order valence-corrected chi connectivity index (χ0v) is 36.0. The van der Waals surface area contributed by atoms with Gasteiger partial charge in [-0.05, 0) is 56.4 Å².